The van der Waals surface area contributed by atoms with Gasteiger partial charge in [0.05, 0.1) is 0 Å². The van der Waals surface area contributed by atoms with Gasteiger partial charge in [0.2, 0.25) is 0 Å². The topological polar surface area (TPSA) is 0 Å². The van der Waals surface area contributed by atoms with Crippen LogP contribution in [0, 0.1) is 0 Å². The molecule has 0 saturated carbocycles. The molecule has 0 aromatic heterocycles. The molecule has 0 N–H and O–H groups in total. The summed E-state index contributed by atoms with van der Waals surface area (Å²) >= 11 is 3.47. The van der Waals surface area contributed by atoms with Crippen LogP contribution >= 0.6 is 15.9 Å². The second kappa shape index (κ2) is 17.6. The van der Waals surface area contributed by atoms with Gasteiger partial charge in [-0.2, -0.15) is 0 Å². The van der Waals surface area contributed by atoms with Gasteiger partial charge in [-0.1, -0.05) is 87.1 Å². The molecule has 0 aromatic rings. The molecule has 0 aliphatic carbocycles. The van der Waals surface area contributed by atoms with Crippen LogP contribution in [0.1, 0.15) is 80.4 Å². The first-order valence-corrected chi connectivity index (χ1v) is 7.60. The number of halogens is 1. The van der Waals surface area contributed by atoms with Crippen molar-refractivity contribution in [1.82, 2.24) is 0 Å². The zero-order valence-corrected chi connectivity index (χ0v) is 13.6. The molecule has 90 valence electrons. The van der Waals surface area contributed by atoms with E-state index in [1.54, 1.807) is 0 Å². The molecule has 0 aromatic carbocycles. The third kappa shape index (κ3) is 17.8. The Morgan fingerprint density at radius 1 is 0.667 bits per heavy atom. The van der Waals surface area contributed by atoms with Crippen molar-refractivity contribution in [2.45, 2.75) is 77.6 Å². The summed E-state index contributed by atoms with van der Waals surface area (Å²) in [6, 6.07) is 0. The average molecular weight is 290 g/mol. The molecule has 0 amide bonds. The summed E-state index contributed by atoms with van der Waals surface area (Å²) in [5, 5.41) is 1.18. The molecule has 0 unspecified atom stereocenters. The van der Waals surface area contributed by atoms with E-state index in [1.165, 1.54) is 76.0 Å². The van der Waals surface area contributed by atoms with E-state index in [4.69, 9.17) is 0 Å². The molecule has 0 fully saturated rings. The molecule has 0 heterocycles. The zero-order valence-electron chi connectivity index (χ0n) is 12.6. The van der Waals surface area contributed by atoms with E-state index in [1.807, 2.05) is 0 Å². The normalized spacial score (nSPS) is 10.0. The van der Waals surface area contributed by atoms with E-state index in [-0.39, 0.29) is 25.9 Å². The Morgan fingerprint density at radius 2 is 1.00 bits per heavy atom. The van der Waals surface area contributed by atoms with Gasteiger partial charge in [0.25, 0.3) is 0 Å². The smallest absolute Gasteiger partial charge is 1.00 e. The monoisotopic (exact) mass is 288 g/mol. The Hall–Kier alpha value is 1.25. The SMILES string of the molecule is CCCCCCCCCCCCCBr.[H-].[H-].[Mg+2]. The molecule has 0 nitrogen and oxygen atoms in total. The number of hydrogen-bond acceptors (Lipinski definition) is 0. The van der Waals surface area contributed by atoms with Gasteiger partial charge in [-0.3, -0.25) is 0 Å². The number of alkyl halides is 1. The summed E-state index contributed by atoms with van der Waals surface area (Å²) in [6.45, 7) is 2.28. The number of hydrogen-bond donors (Lipinski definition) is 0. The third-order valence-electron chi connectivity index (χ3n) is 2.74. The van der Waals surface area contributed by atoms with Gasteiger partial charge in [-0.15, -0.1) is 0 Å². The standard InChI is InChI=1S/C13H27Br.Mg.2H/c1-2-3-4-5-6-7-8-9-10-11-12-13-14;;;/h2-13H2,1H3;;;/q;+2;2*-1. The second-order valence-electron chi connectivity index (χ2n) is 4.22. The van der Waals surface area contributed by atoms with E-state index in [0.717, 1.165) is 0 Å². The van der Waals surface area contributed by atoms with Crippen LogP contribution in [0.4, 0.5) is 0 Å². The molecule has 0 saturated heterocycles. The van der Waals surface area contributed by atoms with Gasteiger partial charge >= 0.3 is 23.1 Å². The fourth-order valence-electron chi connectivity index (χ4n) is 1.76. The summed E-state index contributed by atoms with van der Waals surface area (Å²) in [7, 11) is 0. The first kappa shape index (κ1) is 18.6. The quantitative estimate of drug-likeness (QED) is 0.266. The summed E-state index contributed by atoms with van der Waals surface area (Å²) < 4.78 is 0. The van der Waals surface area contributed by atoms with Gasteiger partial charge in [-0.25, -0.2) is 0 Å². The molecule has 0 spiro atoms. The van der Waals surface area contributed by atoms with Crippen molar-refractivity contribution in [2.75, 3.05) is 5.33 Å². The average Bonchev–Trinajstić information content (AvgIpc) is 2.21. The van der Waals surface area contributed by atoms with E-state index in [0.29, 0.717) is 0 Å². The third-order valence-corrected chi connectivity index (χ3v) is 3.30. The molecule has 0 bridgehead atoms. The molecular formula is C13H29BrMg. The van der Waals surface area contributed by atoms with Crippen molar-refractivity contribution in [1.29, 1.82) is 0 Å². The van der Waals surface area contributed by atoms with Gasteiger partial charge < -0.3 is 2.85 Å². The van der Waals surface area contributed by atoms with Crippen molar-refractivity contribution < 1.29 is 2.85 Å². The summed E-state index contributed by atoms with van der Waals surface area (Å²) in [4.78, 5) is 0. The Labute approximate surface area is 124 Å². The van der Waals surface area contributed by atoms with Gasteiger partial charge in [0.1, 0.15) is 0 Å². The van der Waals surface area contributed by atoms with Crippen LogP contribution in [0.2, 0.25) is 0 Å². The minimum atomic E-state index is 0. The summed E-state index contributed by atoms with van der Waals surface area (Å²) in [6.07, 6.45) is 15.8. The Kier molecular flexibility index (Phi) is 21.9. The Bertz CT molecular complexity index is 93.4. The number of rotatable bonds is 11. The van der Waals surface area contributed by atoms with Crippen LogP contribution in [0.25, 0.3) is 0 Å². The van der Waals surface area contributed by atoms with Crippen molar-refractivity contribution in [3.05, 3.63) is 0 Å². The van der Waals surface area contributed by atoms with E-state index in [2.05, 4.69) is 22.9 Å². The first-order valence-electron chi connectivity index (χ1n) is 6.47. The second-order valence-corrected chi connectivity index (χ2v) is 5.02. The van der Waals surface area contributed by atoms with E-state index in [9.17, 15) is 0 Å². The molecular weight excluding hydrogens is 260 g/mol. The van der Waals surface area contributed by atoms with Crippen molar-refractivity contribution in [3.8, 4) is 0 Å². The summed E-state index contributed by atoms with van der Waals surface area (Å²) in [5.41, 5.74) is 0. The molecule has 0 radical (unpaired) electrons. The maximum atomic E-state index is 3.47. The van der Waals surface area contributed by atoms with Crippen LogP contribution in [0.5, 0.6) is 0 Å². The predicted octanol–water partition coefficient (Wildman–Crippen LogP) is 5.54. The summed E-state index contributed by atoms with van der Waals surface area (Å²) in [5.74, 6) is 0. The van der Waals surface area contributed by atoms with Crippen LogP contribution in [0.3, 0.4) is 0 Å². The molecule has 15 heavy (non-hydrogen) atoms. The van der Waals surface area contributed by atoms with Crippen molar-refractivity contribution in [2.24, 2.45) is 0 Å². The van der Waals surface area contributed by atoms with Crippen LogP contribution in [0.15, 0.2) is 0 Å². The van der Waals surface area contributed by atoms with Crippen LogP contribution in [-0.2, 0) is 0 Å². The Morgan fingerprint density at radius 3 is 1.33 bits per heavy atom. The van der Waals surface area contributed by atoms with Gasteiger partial charge in [0.15, 0.2) is 0 Å². The molecule has 0 aliphatic rings. The van der Waals surface area contributed by atoms with Gasteiger partial charge in [0, 0.05) is 5.33 Å². The molecule has 0 rings (SSSR count). The fourth-order valence-corrected chi connectivity index (χ4v) is 2.16. The maximum Gasteiger partial charge on any atom is 2.00 e. The van der Waals surface area contributed by atoms with Crippen molar-refractivity contribution in [3.63, 3.8) is 0 Å². The van der Waals surface area contributed by atoms with E-state index >= 15 is 0 Å². The predicted molar refractivity (Wildman–Crippen MR) is 78.2 cm³/mol. The first-order chi connectivity index (χ1) is 6.91. The maximum absolute atomic E-state index is 3.47. The number of unbranched alkanes of at least 4 members (excludes halogenated alkanes) is 10. The molecule has 0 atom stereocenters. The zero-order chi connectivity index (χ0) is 10.5. The Balaban J connectivity index is -0.000000282. The minimum absolute atomic E-state index is 0. The molecule has 2 heteroatoms. The van der Waals surface area contributed by atoms with E-state index < -0.39 is 0 Å². The van der Waals surface area contributed by atoms with Gasteiger partial charge in [-0.05, 0) is 6.42 Å². The van der Waals surface area contributed by atoms with Crippen LogP contribution < -0.4 is 0 Å². The fraction of sp³-hybridized carbons (Fsp3) is 1.00. The van der Waals surface area contributed by atoms with Crippen LogP contribution in [-0.4, -0.2) is 28.4 Å². The largest absolute Gasteiger partial charge is 2.00 e. The van der Waals surface area contributed by atoms with Crippen molar-refractivity contribution >= 4 is 39.0 Å². The molecule has 0 aliphatic heterocycles. The minimum Gasteiger partial charge on any atom is -1.00 e.